The number of rotatable bonds is 9. The van der Waals surface area contributed by atoms with Gasteiger partial charge in [-0.05, 0) is 23.6 Å². The van der Waals surface area contributed by atoms with Crippen molar-refractivity contribution in [3.63, 3.8) is 0 Å². The Morgan fingerprint density at radius 2 is 1.54 bits per heavy atom. The fourth-order valence-corrected chi connectivity index (χ4v) is 2.56. The van der Waals surface area contributed by atoms with Crippen LogP contribution in [0.2, 0.25) is 0 Å². The predicted molar refractivity (Wildman–Crippen MR) is 94.9 cm³/mol. The average molecular weight is 328 g/mol. The zero-order valence-electron chi connectivity index (χ0n) is 13.7. The maximum atomic E-state index is 12.3. The molecule has 0 saturated carbocycles. The number of amides is 1. The van der Waals surface area contributed by atoms with E-state index in [0.717, 1.165) is 17.7 Å². The highest BCUT2D eigenvalue weighted by molar-refractivity contribution is 5.93. The number of carbonyl (C=O) groups excluding carboxylic acids is 1. The molecular formula is C19H24N2O3. The molecule has 128 valence electrons. The summed E-state index contributed by atoms with van der Waals surface area (Å²) in [5.41, 5.74) is 3.02. The van der Waals surface area contributed by atoms with Crippen molar-refractivity contribution in [3.05, 3.63) is 65.7 Å². The molecule has 2 aromatic rings. The van der Waals surface area contributed by atoms with E-state index >= 15 is 0 Å². The summed E-state index contributed by atoms with van der Waals surface area (Å²) in [6.07, 6.45) is 0.744. The number of hydrogen-bond acceptors (Lipinski definition) is 4. The van der Waals surface area contributed by atoms with E-state index in [1.54, 1.807) is 4.90 Å². The summed E-state index contributed by atoms with van der Waals surface area (Å²) < 4.78 is 0. The molecule has 1 amide bonds. The van der Waals surface area contributed by atoms with Crippen molar-refractivity contribution in [3.8, 4) is 0 Å². The smallest absolute Gasteiger partial charge is 0.238 e. The van der Waals surface area contributed by atoms with Gasteiger partial charge >= 0.3 is 0 Å². The molecule has 0 radical (unpaired) electrons. The molecule has 0 fully saturated rings. The number of carbonyl (C=O) groups is 1. The zero-order chi connectivity index (χ0) is 17.2. The monoisotopic (exact) mass is 328 g/mol. The van der Waals surface area contributed by atoms with E-state index in [0.29, 0.717) is 13.1 Å². The molecule has 0 spiro atoms. The first kappa shape index (κ1) is 18.1. The number of nitrogens with zero attached hydrogens (tertiary/aromatic N) is 1. The Morgan fingerprint density at radius 3 is 2.21 bits per heavy atom. The third-order valence-electron chi connectivity index (χ3n) is 3.73. The molecule has 0 saturated heterocycles. The highest BCUT2D eigenvalue weighted by Gasteiger charge is 2.12. The van der Waals surface area contributed by atoms with Crippen molar-refractivity contribution in [2.24, 2.45) is 0 Å². The minimum absolute atomic E-state index is 0.0438. The Kier molecular flexibility index (Phi) is 7.42. The van der Waals surface area contributed by atoms with Crippen molar-refractivity contribution in [2.45, 2.75) is 6.42 Å². The lowest BCUT2D eigenvalue weighted by Gasteiger charge is -2.20. The van der Waals surface area contributed by atoms with E-state index < -0.39 is 0 Å². The summed E-state index contributed by atoms with van der Waals surface area (Å²) in [6, 6.07) is 17.8. The number of nitrogens with one attached hydrogen (secondary N) is 1. The second kappa shape index (κ2) is 9.82. The van der Waals surface area contributed by atoms with Gasteiger partial charge in [-0.3, -0.25) is 9.69 Å². The van der Waals surface area contributed by atoms with Crippen LogP contribution in [0, 0.1) is 0 Å². The largest absolute Gasteiger partial charge is 0.395 e. The third kappa shape index (κ3) is 5.77. The highest BCUT2D eigenvalue weighted by Crippen LogP contribution is 2.19. The molecular weight excluding hydrogens is 304 g/mol. The van der Waals surface area contributed by atoms with Crippen LogP contribution in [0.1, 0.15) is 11.1 Å². The molecule has 0 unspecified atom stereocenters. The molecule has 5 heteroatoms. The lowest BCUT2D eigenvalue weighted by molar-refractivity contribution is -0.117. The van der Waals surface area contributed by atoms with Crippen LogP contribution in [0.4, 0.5) is 5.69 Å². The highest BCUT2D eigenvalue weighted by atomic mass is 16.3. The van der Waals surface area contributed by atoms with Crippen LogP contribution in [0.15, 0.2) is 54.6 Å². The van der Waals surface area contributed by atoms with Crippen LogP contribution in [0.25, 0.3) is 0 Å². The quantitative estimate of drug-likeness (QED) is 0.652. The summed E-state index contributed by atoms with van der Waals surface area (Å²) in [6.45, 7) is 0.774. The molecule has 0 aliphatic carbocycles. The third-order valence-corrected chi connectivity index (χ3v) is 3.73. The summed E-state index contributed by atoms with van der Waals surface area (Å²) in [4.78, 5) is 14.0. The topological polar surface area (TPSA) is 72.8 Å². The van der Waals surface area contributed by atoms with Gasteiger partial charge in [-0.1, -0.05) is 48.5 Å². The van der Waals surface area contributed by atoms with Gasteiger partial charge in [0.05, 0.1) is 19.8 Å². The summed E-state index contributed by atoms with van der Waals surface area (Å²) in [5, 5.41) is 21.0. The molecule has 3 N–H and O–H groups in total. The van der Waals surface area contributed by atoms with Gasteiger partial charge in [0.2, 0.25) is 5.91 Å². The SMILES string of the molecule is O=C(CN(CCO)CCO)Nc1ccccc1Cc1ccccc1. The molecule has 0 bridgehead atoms. The van der Waals surface area contributed by atoms with Gasteiger partial charge in [0.15, 0.2) is 0 Å². The summed E-state index contributed by atoms with van der Waals surface area (Å²) in [7, 11) is 0. The van der Waals surface area contributed by atoms with Crippen LogP contribution in [0.3, 0.4) is 0 Å². The van der Waals surface area contributed by atoms with Crippen molar-refractivity contribution >= 4 is 11.6 Å². The molecule has 2 rings (SSSR count). The van der Waals surface area contributed by atoms with Crippen LogP contribution in [-0.2, 0) is 11.2 Å². The molecule has 5 nitrogen and oxygen atoms in total. The van der Waals surface area contributed by atoms with E-state index in [1.165, 1.54) is 5.56 Å². The Balaban J connectivity index is 2.02. The first-order valence-electron chi connectivity index (χ1n) is 8.08. The lowest BCUT2D eigenvalue weighted by Crippen LogP contribution is -2.37. The fourth-order valence-electron chi connectivity index (χ4n) is 2.56. The number of anilines is 1. The van der Waals surface area contributed by atoms with Crippen LogP contribution in [-0.4, -0.2) is 53.9 Å². The van der Waals surface area contributed by atoms with Gasteiger partial charge < -0.3 is 15.5 Å². The van der Waals surface area contributed by atoms with Crippen LogP contribution in [0.5, 0.6) is 0 Å². The number of aliphatic hydroxyl groups is 2. The number of aliphatic hydroxyl groups excluding tert-OH is 2. The first-order valence-corrected chi connectivity index (χ1v) is 8.08. The minimum atomic E-state index is -0.155. The van der Waals surface area contributed by atoms with Gasteiger partial charge in [-0.2, -0.15) is 0 Å². The predicted octanol–water partition coefficient (Wildman–Crippen LogP) is 1.50. The van der Waals surface area contributed by atoms with Gasteiger partial charge in [0.25, 0.3) is 0 Å². The van der Waals surface area contributed by atoms with E-state index in [-0.39, 0.29) is 25.7 Å². The Hall–Kier alpha value is -2.21. The van der Waals surface area contributed by atoms with E-state index in [2.05, 4.69) is 17.4 Å². The van der Waals surface area contributed by atoms with Gasteiger partial charge in [-0.25, -0.2) is 0 Å². The second-order valence-electron chi connectivity index (χ2n) is 5.59. The molecule has 24 heavy (non-hydrogen) atoms. The van der Waals surface area contributed by atoms with Crippen molar-refractivity contribution in [1.82, 2.24) is 4.90 Å². The Morgan fingerprint density at radius 1 is 0.917 bits per heavy atom. The number of benzene rings is 2. The maximum Gasteiger partial charge on any atom is 0.238 e. The van der Waals surface area contributed by atoms with Gasteiger partial charge in [0, 0.05) is 18.8 Å². The molecule has 0 atom stereocenters. The lowest BCUT2D eigenvalue weighted by atomic mass is 10.0. The second-order valence-corrected chi connectivity index (χ2v) is 5.59. The van der Waals surface area contributed by atoms with Crippen molar-refractivity contribution < 1.29 is 15.0 Å². The average Bonchev–Trinajstić information content (AvgIpc) is 2.58. The van der Waals surface area contributed by atoms with Crippen molar-refractivity contribution in [2.75, 3.05) is 38.2 Å². The van der Waals surface area contributed by atoms with E-state index in [9.17, 15) is 4.79 Å². The number of hydrogen-bond donors (Lipinski definition) is 3. The summed E-state index contributed by atoms with van der Waals surface area (Å²) >= 11 is 0. The molecule has 0 heterocycles. The normalized spacial score (nSPS) is 10.8. The Bertz CT molecular complexity index is 626. The van der Waals surface area contributed by atoms with Gasteiger partial charge in [0.1, 0.15) is 0 Å². The zero-order valence-corrected chi connectivity index (χ0v) is 13.7. The molecule has 0 aliphatic rings. The fraction of sp³-hybridized carbons (Fsp3) is 0.316. The molecule has 2 aromatic carbocycles. The Labute approximate surface area is 142 Å². The van der Waals surface area contributed by atoms with Crippen LogP contribution < -0.4 is 5.32 Å². The van der Waals surface area contributed by atoms with E-state index in [1.807, 2.05) is 42.5 Å². The maximum absolute atomic E-state index is 12.3. The molecule has 0 aliphatic heterocycles. The molecule has 0 aromatic heterocycles. The first-order chi connectivity index (χ1) is 11.7. The standard InChI is InChI=1S/C19H24N2O3/c22-12-10-21(11-13-23)15-19(24)20-18-9-5-4-8-17(18)14-16-6-2-1-3-7-16/h1-9,22-23H,10-15H2,(H,20,24). The van der Waals surface area contributed by atoms with Gasteiger partial charge in [-0.15, -0.1) is 0 Å². The van der Waals surface area contributed by atoms with Crippen molar-refractivity contribution in [1.29, 1.82) is 0 Å². The van der Waals surface area contributed by atoms with Crippen LogP contribution >= 0.6 is 0 Å². The minimum Gasteiger partial charge on any atom is -0.395 e. The van der Waals surface area contributed by atoms with E-state index in [4.69, 9.17) is 10.2 Å². The number of para-hydroxylation sites is 1. The summed E-state index contributed by atoms with van der Waals surface area (Å²) in [5.74, 6) is -0.155.